The number of hydrogen-bond acceptors (Lipinski definition) is 17. The number of alkyl halides is 1. The van der Waals surface area contributed by atoms with Gasteiger partial charge < -0.3 is 39.3 Å². The van der Waals surface area contributed by atoms with Gasteiger partial charge in [-0.1, -0.05) is 44.6 Å². The highest BCUT2D eigenvalue weighted by atomic mass is 79.9. The molecule has 9 aromatic rings. The SMILES string of the molecule is C.C.CBr.CC1(C)OB(Cc2nc3oc4c(=O)n(CC(N)=O)cnc4c3c3c2CCCC3)OC1(C)C.CCc1nc2oc3c(=O)n(CC(=O)NC)cnc3c2c2c1CCCC2.CCc1nc2oc3c(=O)n(CC(N)=O)cnc3c2c2c1CCCC2.F. The number of primary amides is 2. The van der Waals surface area contributed by atoms with Crippen molar-refractivity contribution in [3.63, 3.8) is 0 Å². The second-order valence-corrected chi connectivity index (χ2v) is 22.3. The topological polar surface area (TPSA) is 316 Å². The monoisotopic (exact) mass is 1250 g/mol. The van der Waals surface area contributed by atoms with Crippen LogP contribution in [-0.2, 0) is 101 Å². The number of carbonyl (C=O) groups is 3. The molecule has 13 rings (SSSR count). The molecule has 5 N–H and O–H groups in total. The first-order valence-corrected chi connectivity index (χ1v) is 29.9. The van der Waals surface area contributed by atoms with Crippen molar-refractivity contribution in [2.75, 3.05) is 12.9 Å². The van der Waals surface area contributed by atoms with E-state index in [0.717, 1.165) is 133 Å². The number of rotatable bonds is 10. The molecule has 1 saturated heterocycles. The van der Waals surface area contributed by atoms with Gasteiger partial charge in [-0.3, -0.25) is 47.2 Å². The zero-order chi connectivity index (χ0) is 59.2. The molecule has 0 radical (unpaired) electrons. The first-order chi connectivity index (χ1) is 39.8. The summed E-state index contributed by atoms with van der Waals surface area (Å²) in [6.45, 7) is 11.7. The van der Waals surface area contributed by atoms with Crippen molar-refractivity contribution in [2.45, 2.75) is 183 Å². The minimum absolute atomic E-state index is 0. The van der Waals surface area contributed by atoms with E-state index in [0.29, 0.717) is 40.0 Å². The number of fused-ring (bicyclic) bond motifs is 15. The summed E-state index contributed by atoms with van der Waals surface area (Å²) in [7, 11) is 1.12. The number of hydrogen-bond donors (Lipinski definition) is 3. The van der Waals surface area contributed by atoms with Gasteiger partial charge in [-0.15, -0.1) is 0 Å². The average Bonchev–Trinajstić information content (AvgIpc) is 1.61. The van der Waals surface area contributed by atoms with Gasteiger partial charge in [0.25, 0.3) is 16.7 Å². The summed E-state index contributed by atoms with van der Waals surface area (Å²) in [5, 5.41) is 5.00. The predicted octanol–water partition coefficient (Wildman–Crippen LogP) is 7.70. The molecule has 1 fully saturated rings. The van der Waals surface area contributed by atoms with Gasteiger partial charge in [-0.2, -0.15) is 0 Å². The molecule has 86 heavy (non-hydrogen) atoms. The van der Waals surface area contributed by atoms with E-state index in [2.05, 4.69) is 60.0 Å². The molecule has 0 atom stereocenters. The van der Waals surface area contributed by atoms with Gasteiger partial charge in [-0.25, -0.2) is 29.9 Å². The zero-order valence-corrected chi connectivity index (χ0v) is 50.1. The van der Waals surface area contributed by atoms with Crippen LogP contribution in [0.1, 0.15) is 145 Å². The number of carbonyl (C=O) groups excluding carboxylic acids is 3. The third-order valence-electron chi connectivity index (χ3n) is 16.6. The number of nitrogens with zero attached hydrogens (tertiary/aromatic N) is 9. The summed E-state index contributed by atoms with van der Waals surface area (Å²) < 4.78 is 33.5. The van der Waals surface area contributed by atoms with Gasteiger partial charge in [0.2, 0.25) is 51.6 Å². The lowest BCUT2D eigenvalue weighted by molar-refractivity contribution is -0.121. The molecular weight excluding hydrogens is 1170 g/mol. The molecule has 10 heterocycles. The Bertz CT molecular complexity index is 4240. The molecule has 3 amide bonds. The largest absolute Gasteiger partial charge is 0.464 e. The fraction of sp³-hybridized carbons (Fsp3) is 0.500. The van der Waals surface area contributed by atoms with E-state index in [1.807, 2.05) is 33.5 Å². The van der Waals surface area contributed by atoms with Crippen molar-refractivity contribution in [3.05, 3.63) is 101 Å². The smallest absolute Gasteiger partial charge is 0.430 e. The number of halogens is 2. The van der Waals surface area contributed by atoms with Gasteiger partial charge in [0.05, 0.1) is 46.3 Å². The number of amides is 3. The van der Waals surface area contributed by atoms with Crippen molar-refractivity contribution < 1.29 is 41.6 Å². The van der Waals surface area contributed by atoms with Crippen LogP contribution in [0.3, 0.4) is 0 Å². The molecule has 0 saturated carbocycles. The fourth-order valence-corrected chi connectivity index (χ4v) is 12.0. The van der Waals surface area contributed by atoms with E-state index in [-0.39, 0.29) is 67.4 Å². The molecule has 9 aromatic heterocycles. The van der Waals surface area contributed by atoms with Gasteiger partial charge in [0.15, 0.2) is 0 Å². The Morgan fingerprint density at radius 3 is 1.16 bits per heavy atom. The zero-order valence-electron chi connectivity index (χ0n) is 48.5. The van der Waals surface area contributed by atoms with E-state index in [1.165, 1.54) is 63.0 Å². The third-order valence-corrected chi connectivity index (χ3v) is 16.6. The number of likely N-dealkylation sites (N-methyl/N-ethyl adjacent to an activating group) is 1. The highest BCUT2D eigenvalue weighted by molar-refractivity contribution is 9.08. The van der Waals surface area contributed by atoms with E-state index >= 15 is 0 Å². The van der Waals surface area contributed by atoms with Crippen molar-refractivity contribution in [1.29, 1.82) is 0 Å². The second-order valence-electron chi connectivity index (χ2n) is 22.3. The Labute approximate surface area is 504 Å². The van der Waals surface area contributed by atoms with Crippen LogP contribution in [0.5, 0.6) is 0 Å². The molecule has 23 nitrogen and oxygen atoms in total. The van der Waals surface area contributed by atoms with Gasteiger partial charge >= 0.3 is 7.12 Å². The number of nitrogens with two attached hydrogens (primary N) is 2. The van der Waals surface area contributed by atoms with Crippen molar-refractivity contribution >= 4 is 107 Å². The van der Waals surface area contributed by atoms with E-state index in [4.69, 9.17) is 39.0 Å². The molecule has 0 aromatic carbocycles. The standard InChI is InChI=1S/C22H27BN4O5.C18H20N4O3.C17H18N4O3.CH3Br.2CH4.FH/c1-21(2)22(3,4)32-23(31-21)9-14-12-7-5-6-8-13(12)16-17-18(30-19(16)26-14)20(29)27(11-25-17)10-15(24)28;1-3-12-10-6-4-5-7-11(10)14-15-16(25-17(14)21-12)18(24)22(9-20-15)8-13(23)19-2;1-2-11-9-5-3-4-6-10(9)13-14-15(24-16(13)20-11)17(23)21(8-19-14)7-12(18)22;1-2;;;/h11H,5-10H2,1-4H3,(H2,24,28);9H,3-8H2,1-2H3,(H,19,23);8H,2-7H2,1H3,(H2,18,22);1H3;2*1H4;1H. The van der Waals surface area contributed by atoms with Crippen molar-refractivity contribution in [3.8, 4) is 0 Å². The second kappa shape index (κ2) is 26.5. The highest BCUT2D eigenvalue weighted by Gasteiger charge is 2.51. The number of pyridine rings is 3. The maximum absolute atomic E-state index is 12.9. The van der Waals surface area contributed by atoms with Crippen LogP contribution in [0, 0.1) is 0 Å². The Hall–Kier alpha value is -7.71. The molecule has 0 bridgehead atoms. The van der Waals surface area contributed by atoms with Gasteiger partial charge in [0, 0.05) is 30.4 Å². The van der Waals surface area contributed by atoms with Crippen LogP contribution >= 0.6 is 15.9 Å². The Balaban J connectivity index is 0.000000181. The summed E-state index contributed by atoms with van der Waals surface area (Å²) in [6.07, 6.45) is 18.6. The van der Waals surface area contributed by atoms with Crippen molar-refractivity contribution in [2.24, 2.45) is 11.5 Å². The molecule has 460 valence electrons. The fourth-order valence-electron chi connectivity index (χ4n) is 12.0. The molecule has 0 spiro atoms. The van der Waals surface area contributed by atoms with Crippen LogP contribution in [0.15, 0.2) is 46.6 Å². The Morgan fingerprint density at radius 1 is 0.547 bits per heavy atom. The maximum atomic E-state index is 12.9. The van der Waals surface area contributed by atoms with Crippen LogP contribution in [0.25, 0.3) is 66.6 Å². The molecule has 26 heteroatoms. The first kappa shape index (κ1) is 65.8. The van der Waals surface area contributed by atoms with E-state index in [1.54, 1.807) is 0 Å². The van der Waals surface area contributed by atoms with Gasteiger partial charge in [-0.05, 0) is 157 Å². The Morgan fingerprint density at radius 2 is 0.849 bits per heavy atom. The summed E-state index contributed by atoms with van der Waals surface area (Å²) in [4.78, 5) is 99.4. The Kier molecular flexibility index (Phi) is 20.3. The number of furan rings is 3. The van der Waals surface area contributed by atoms with Crippen LogP contribution in [-0.4, -0.2) is 92.5 Å². The summed E-state index contributed by atoms with van der Waals surface area (Å²) in [6, 6.07) is 0. The van der Waals surface area contributed by atoms with E-state index < -0.39 is 41.3 Å². The average molecular weight is 1250 g/mol. The molecular formula is C60H77BBrFN12O11. The summed E-state index contributed by atoms with van der Waals surface area (Å²) in [5.74, 6) is 0.332. The number of nitrogens with one attached hydrogen (secondary N) is 1. The third kappa shape index (κ3) is 12.1. The van der Waals surface area contributed by atoms with Gasteiger partial charge in [0.1, 0.15) is 36.2 Å². The lowest BCUT2D eigenvalue weighted by Gasteiger charge is -2.32. The predicted molar refractivity (Wildman–Crippen MR) is 332 cm³/mol. The van der Waals surface area contributed by atoms with Crippen molar-refractivity contribution in [1.82, 2.24) is 48.9 Å². The highest BCUT2D eigenvalue weighted by Crippen LogP contribution is 2.41. The molecule has 3 aliphatic carbocycles. The van der Waals surface area contributed by atoms with Crippen LogP contribution in [0.2, 0.25) is 0 Å². The first-order valence-electron chi connectivity index (χ1n) is 28.3. The van der Waals surface area contributed by atoms with Crippen LogP contribution < -0.4 is 33.5 Å². The van der Waals surface area contributed by atoms with Crippen LogP contribution in [0.4, 0.5) is 4.70 Å². The minimum atomic E-state index is -0.621. The van der Waals surface area contributed by atoms with E-state index in [9.17, 15) is 28.8 Å². The molecule has 4 aliphatic rings. The molecule has 0 unspecified atom stereocenters. The molecule has 1 aliphatic heterocycles. The number of aromatic nitrogens is 9. The summed E-state index contributed by atoms with van der Waals surface area (Å²) in [5.41, 5.74) is 22.0. The lowest BCUT2D eigenvalue weighted by atomic mass is 9.78. The lowest BCUT2D eigenvalue weighted by Crippen LogP contribution is -2.41. The number of aryl methyl sites for hydroxylation is 5. The quantitative estimate of drug-likeness (QED) is 0.0872. The summed E-state index contributed by atoms with van der Waals surface area (Å²) >= 11 is 2.94. The normalized spacial score (nSPS) is 15.4. The maximum Gasteiger partial charge on any atom is 0.464 e. The minimum Gasteiger partial charge on any atom is -0.430 e.